The van der Waals surface area contributed by atoms with Crippen molar-refractivity contribution in [3.8, 4) is 0 Å². The lowest BCUT2D eigenvalue weighted by Crippen LogP contribution is -2.32. The van der Waals surface area contributed by atoms with Gasteiger partial charge in [-0.25, -0.2) is 0 Å². The molecule has 0 aliphatic heterocycles. The van der Waals surface area contributed by atoms with Crippen LogP contribution in [0.15, 0.2) is 24.3 Å². The lowest BCUT2D eigenvalue weighted by atomic mass is 10.1. The summed E-state index contributed by atoms with van der Waals surface area (Å²) >= 11 is 0. The van der Waals surface area contributed by atoms with Crippen LogP contribution in [0.1, 0.15) is 32.3 Å². The number of benzene rings is 1. The van der Waals surface area contributed by atoms with E-state index < -0.39 is 0 Å². The predicted octanol–water partition coefficient (Wildman–Crippen LogP) is 2.89. The molecule has 2 rings (SSSR count). The molecule has 2 nitrogen and oxygen atoms in total. The lowest BCUT2D eigenvalue weighted by molar-refractivity contribution is 0.204. The highest BCUT2D eigenvalue weighted by atomic mass is 15.1. The van der Waals surface area contributed by atoms with Gasteiger partial charge in [0.1, 0.15) is 0 Å². The van der Waals surface area contributed by atoms with Gasteiger partial charge >= 0.3 is 0 Å². The standard InChI is InChI=1S/C14H22N2/c1-11(2)16(9-12-7-8-12)10-13-5-3-4-6-14(13)15/h3-6,11-12H,7-10,15H2,1-2H3. The first-order valence-corrected chi connectivity index (χ1v) is 6.24. The second-order valence-electron chi connectivity index (χ2n) is 5.17. The van der Waals surface area contributed by atoms with Crippen LogP contribution in [0, 0.1) is 5.92 Å². The minimum absolute atomic E-state index is 0.597. The van der Waals surface area contributed by atoms with Gasteiger partial charge in [0.25, 0.3) is 0 Å². The zero-order valence-corrected chi connectivity index (χ0v) is 10.3. The van der Waals surface area contributed by atoms with Gasteiger partial charge in [0, 0.05) is 24.8 Å². The van der Waals surface area contributed by atoms with Gasteiger partial charge in [0.15, 0.2) is 0 Å². The average Bonchev–Trinajstić information content (AvgIpc) is 3.04. The fourth-order valence-corrected chi connectivity index (χ4v) is 1.99. The number of nitrogens with zero attached hydrogens (tertiary/aromatic N) is 1. The number of nitrogens with two attached hydrogens (primary N) is 1. The van der Waals surface area contributed by atoms with Gasteiger partial charge < -0.3 is 5.73 Å². The van der Waals surface area contributed by atoms with Crippen molar-refractivity contribution in [2.45, 2.75) is 39.3 Å². The van der Waals surface area contributed by atoms with Crippen molar-refractivity contribution in [3.05, 3.63) is 29.8 Å². The Labute approximate surface area is 98.4 Å². The first-order chi connectivity index (χ1) is 7.66. The van der Waals surface area contributed by atoms with Crippen molar-refractivity contribution in [1.29, 1.82) is 0 Å². The Balaban J connectivity index is 2.01. The molecule has 1 aliphatic carbocycles. The summed E-state index contributed by atoms with van der Waals surface area (Å²) in [5.41, 5.74) is 8.17. The van der Waals surface area contributed by atoms with Gasteiger partial charge in [-0.2, -0.15) is 0 Å². The third-order valence-corrected chi connectivity index (χ3v) is 3.35. The molecule has 1 fully saturated rings. The number of para-hydroxylation sites is 1. The van der Waals surface area contributed by atoms with Crippen LogP contribution in [-0.2, 0) is 6.54 Å². The van der Waals surface area contributed by atoms with E-state index in [0.29, 0.717) is 6.04 Å². The summed E-state index contributed by atoms with van der Waals surface area (Å²) in [4.78, 5) is 2.53. The molecule has 1 aromatic carbocycles. The maximum atomic E-state index is 5.99. The SMILES string of the molecule is CC(C)N(Cc1ccccc1N)CC1CC1. The molecule has 0 heterocycles. The van der Waals surface area contributed by atoms with Crippen molar-refractivity contribution >= 4 is 5.69 Å². The van der Waals surface area contributed by atoms with E-state index in [0.717, 1.165) is 18.2 Å². The quantitative estimate of drug-likeness (QED) is 0.770. The zero-order valence-electron chi connectivity index (χ0n) is 10.3. The van der Waals surface area contributed by atoms with Gasteiger partial charge in [-0.05, 0) is 44.2 Å². The first kappa shape index (κ1) is 11.5. The molecule has 0 spiro atoms. The van der Waals surface area contributed by atoms with E-state index in [4.69, 9.17) is 5.73 Å². The minimum Gasteiger partial charge on any atom is -0.398 e. The average molecular weight is 218 g/mol. The normalized spacial score (nSPS) is 16.0. The fourth-order valence-electron chi connectivity index (χ4n) is 1.99. The zero-order chi connectivity index (χ0) is 11.5. The molecule has 1 aromatic rings. The Hall–Kier alpha value is -1.02. The van der Waals surface area contributed by atoms with Crippen molar-refractivity contribution in [1.82, 2.24) is 4.90 Å². The van der Waals surface area contributed by atoms with Gasteiger partial charge in [0.05, 0.1) is 0 Å². The first-order valence-electron chi connectivity index (χ1n) is 6.24. The van der Waals surface area contributed by atoms with Crippen LogP contribution in [0.5, 0.6) is 0 Å². The van der Waals surface area contributed by atoms with Gasteiger partial charge in [0.2, 0.25) is 0 Å². The van der Waals surface area contributed by atoms with Gasteiger partial charge in [-0.15, -0.1) is 0 Å². The summed E-state index contributed by atoms with van der Waals surface area (Å²) < 4.78 is 0. The highest BCUT2D eigenvalue weighted by Crippen LogP contribution is 2.31. The second-order valence-corrected chi connectivity index (χ2v) is 5.17. The Morgan fingerprint density at radius 3 is 2.56 bits per heavy atom. The number of hydrogen-bond donors (Lipinski definition) is 1. The van der Waals surface area contributed by atoms with E-state index >= 15 is 0 Å². The largest absolute Gasteiger partial charge is 0.398 e. The Morgan fingerprint density at radius 1 is 1.31 bits per heavy atom. The molecule has 2 heteroatoms. The summed E-state index contributed by atoms with van der Waals surface area (Å²) in [6.45, 7) is 6.75. The van der Waals surface area contributed by atoms with Crippen LogP contribution in [-0.4, -0.2) is 17.5 Å². The molecule has 0 saturated heterocycles. The Kier molecular flexibility index (Phi) is 3.49. The third-order valence-electron chi connectivity index (χ3n) is 3.35. The lowest BCUT2D eigenvalue weighted by Gasteiger charge is -2.27. The molecule has 0 amide bonds. The van der Waals surface area contributed by atoms with E-state index in [1.807, 2.05) is 12.1 Å². The molecular weight excluding hydrogens is 196 g/mol. The molecule has 88 valence electrons. The van der Waals surface area contributed by atoms with E-state index in [2.05, 4.69) is 30.9 Å². The summed E-state index contributed by atoms with van der Waals surface area (Å²) in [7, 11) is 0. The molecule has 2 N–H and O–H groups in total. The highest BCUT2D eigenvalue weighted by molar-refractivity contribution is 5.46. The highest BCUT2D eigenvalue weighted by Gasteiger charge is 2.25. The van der Waals surface area contributed by atoms with Crippen molar-refractivity contribution in [2.75, 3.05) is 12.3 Å². The molecule has 1 saturated carbocycles. The van der Waals surface area contributed by atoms with E-state index in [1.54, 1.807) is 0 Å². The monoisotopic (exact) mass is 218 g/mol. The third kappa shape index (κ3) is 2.99. The molecule has 16 heavy (non-hydrogen) atoms. The van der Waals surface area contributed by atoms with Crippen LogP contribution < -0.4 is 5.73 Å². The van der Waals surface area contributed by atoms with Crippen molar-refractivity contribution in [3.63, 3.8) is 0 Å². The van der Waals surface area contributed by atoms with E-state index in [1.165, 1.54) is 24.9 Å². The Morgan fingerprint density at radius 2 is 2.00 bits per heavy atom. The van der Waals surface area contributed by atoms with Crippen LogP contribution in [0.2, 0.25) is 0 Å². The van der Waals surface area contributed by atoms with E-state index in [9.17, 15) is 0 Å². The van der Waals surface area contributed by atoms with Crippen LogP contribution in [0.4, 0.5) is 5.69 Å². The minimum atomic E-state index is 0.597. The summed E-state index contributed by atoms with van der Waals surface area (Å²) in [5, 5.41) is 0. The number of anilines is 1. The maximum Gasteiger partial charge on any atom is 0.0359 e. The predicted molar refractivity (Wildman–Crippen MR) is 69.1 cm³/mol. The number of rotatable bonds is 5. The molecule has 0 atom stereocenters. The topological polar surface area (TPSA) is 29.3 Å². The smallest absolute Gasteiger partial charge is 0.0359 e. The summed E-state index contributed by atoms with van der Waals surface area (Å²) in [6.07, 6.45) is 2.82. The molecule has 0 radical (unpaired) electrons. The van der Waals surface area contributed by atoms with Crippen molar-refractivity contribution < 1.29 is 0 Å². The fraction of sp³-hybridized carbons (Fsp3) is 0.571. The second kappa shape index (κ2) is 4.88. The van der Waals surface area contributed by atoms with E-state index in [-0.39, 0.29) is 0 Å². The van der Waals surface area contributed by atoms with Gasteiger partial charge in [-0.1, -0.05) is 18.2 Å². The van der Waals surface area contributed by atoms with Crippen LogP contribution in [0.3, 0.4) is 0 Å². The van der Waals surface area contributed by atoms with Crippen molar-refractivity contribution in [2.24, 2.45) is 5.92 Å². The molecule has 0 aromatic heterocycles. The molecule has 1 aliphatic rings. The number of hydrogen-bond acceptors (Lipinski definition) is 2. The van der Waals surface area contributed by atoms with Crippen LogP contribution >= 0.6 is 0 Å². The summed E-state index contributed by atoms with van der Waals surface area (Å²) in [6, 6.07) is 8.80. The number of nitrogen functional groups attached to an aromatic ring is 1. The Bertz CT molecular complexity index is 342. The molecular formula is C14H22N2. The summed E-state index contributed by atoms with van der Waals surface area (Å²) in [5.74, 6) is 0.937. The maximum absolute atomic E-state index is 5.99. The van der Waals surface area contributed by atoms with Gasteiger partial charge in [-0.3, -0.25) is 4.90 Å². The van der Waals surface area contributed by atoms with Crippen LogP contribution in [0.25, 0.3) is 0 Å². The molecule has 0 unspecified atom stereocenters. The molecule has 0 bridgehead atoms.